The predicted molar refractivity (Wildman–Crippen MR) is 124 cm³/mol. The fourth-order valence-corrected chi connectivity index (χ4v) is 5.50. The molecule has 180 valence electrons. The van der Waals surface area contributed by atoms with E-state index in [1.165, 1.54) is 23.1 Å². The van der Waals surface area contributed by atoms with Crippen LogP contribution in [0.5, 0.6) is 5.75 Å². The van der Waals surface area contributed by atoms with E-state index >= 15 is 0 Å². The molecular weight excluding hydrogens is 458 g/mol. The SMILES string of the molecule is COC(=O)c1c(/N=C(\[O-])c2c(=O)o[nH][n+]2-c2ccc(OC)cc2)sc2c1CCC(C(C)(C)C)C2. The molecule has 0 radical (unpaired) electrons. The number of nitrogens with zero attached hydrogens (tertiary/aromatic N) is 2. The summed E-state index contributed by atoms with van der Waals surface area (Å²) in [6, 6.07) is 6.70. The molecule has 0 saturated heterocycles. The number of thiophene rings is 1. The first-order valence-corrected chi connectivity index (χ1v) is 11.7. The van der Waals surface area contributed by atoms with Gasteiger partial charge in [-0.2, -0.15) is 0 Å². The van der Waals surface area contributed by atoms with Gasteiger partial charge < -0.3 is 14.6 Å². The number of aromatic nitrogens is 2. The Kier molecular flexibility index (Phi) is 6.35. The number of esters is 1. The molecular formula is C24H27N3O6S. The van der Waals surface area contributed by atoms with Crippen LogP contribution >= 0.6 is 11.3 Å². The van der Waals surface area contributed by atoms with Gasteiger partial charge in [0.25, 0.3) is 0 Å². The lowest BCUT2D eigenvalue weighted by molar-refractivity contribution is -0.673. The molecule has 0 fully saturated rings. The van der Waals surface area contributed by atoms with E-state index in [4.69, 9.17) is 14.0 Å². The fourth-order valence-electron chi connectivity index (χ4n) is 4.22. The van der Waals surface area contributed by atoms with E-state index < -0.39 is 17.5 Å². The van der Waals surface area contributed by atoms with Gasteiger partial charge in [-0.1, -0.05) is 20.8 Å². The number of methoxy groups -OCH3 is 2. The topological polar surface area (TPSA) is 121 Å². The normalized spacial score (nSPS) is 16.3. The first kappa shape index (κ1) is 23.7. The van der Waals surface area contributed by atoms with Crippen LogP contribution in [0.25, 0.3) is 5.69 Å². The zero-order valence-corrected chi connectivity index (χ0v) is 20.6. The van der Waals surface area contributed by atoms with Crippen molar-refractivity contribution in [3.8, 4) is 11.4 Å². The van der Waals surface area contributed by atoms with Crippen molar-refractivity contribution in [3.63, 3.8) is 0 Å². The van der Waals surface area contributed by atoms with Crippen molar-refractivity contribution in [2.45, 2.75) is 40.0 Å². The zero-order valence-electron chi connectivity index (χ0n) is 19.8. The summed E-state index contributed by atoms with van der Waals surface area (Å²) >= 11 is 1.31. The number of rotatable bonds is 5. The van der Waals surface area contributed by atoms with Crippen molar-refractivity contribution in [2.75, 3.05) is 14.2 Å². The number of aromatic amines is 1. The lowest BCUT2D eigenvalue weighted by Crippen LogP contribution is -2.44. The zero-order chi connectivity index (χ0) is 24.6. The maximum Gasteiger partial charge on any atom is 0.436 e. The minimum atomic E-state index is -0.863. The highest BCUT2D eigenvalue weighted by atomic mass is 32.1. The van der Waals surface area contributed by atoms with E-state index in [1.54, 1.807) is 31.4 Å². The van der Waals surface area contributed by atoms with E-state index in [2.05, 4.69) is 31.0 Å². The van der Waals surface area contributed by atoms with E-state index in [-0.39, 0.29) is 16.1 Å². The van der Waals surface area contributed by atoms with E-state index in [0.717, 1.165) is 23.3 Å². The molecule has 4 rings (SSSR count). The maximum atomic E-state index is 13.2. The molecule has 1 unspecified atom stereocenters. The summed E-state index contributed by atoms with van der Waals surface area (Å²) in [6.07, 6.45) is 2.44. The average Bonchev–Trinajstić information content (AvgIpc) is 3.37. The van der Waals surface area contributed by atoms with Gasteiger partial charge in [-0.05, 0) is 58.2 Å². The largest absolute Gasteiger partial charge is 0.854 e. The van der Waals surface area contributed by atoms with Gasteiger partial charge in [0.1, 0.15) is 10.8 Å². The van der Waals surface area contributed by atoms with Crippen LogP contribution in [-0.4, -0.2) is 31.4 Å². The first-order chi connectivity index (χ1) is 16.1. The Hall–Kier alpha value is -3.40. The Morgan fingerprint density at radius 2 is 1.97 bits per heavy atom. The predicted octanol–water partition coefficient (Wildman–Crippen LogP) is 2.69. The first-order valence-electron chi connectivity index (χ1n) is 10.9. The van der Waals surface area contributed by atoms with Crippen LogP contribution in [0.15, 0.2) is 38.6 Å². The number of ether oxygens (including phenoxy) is 2. The molecule has 1 aromatic carbocycles. The van der Waals surface area contributed by atoms with Gasteiger partial charge in [0, 0.05) is 17.0 Å². The highest BCUT2D eigenvalue weighted by molar-refractivity contribution is 7.16. The lowest BCUT2D eigenvalue weighted by Gasteiger charge is -2.33. The summed E-state index contributed by atoms with van der Waals surface area (Å²) in [6.45, 7) is 6.61. The summed E-state index contributed by atoms with van der Waals surface area (Å²) in [5.41, 5.74) is 0.621. The number of H-pyrrole nitrogens is 1. The monoisotopic (exact) mass is 485 g/mol. The highest BCUT2D eigenvalue weighted by Crippen LogP contribution is 2.45. The molecule has 0 spiro atoms. The maximum absolute atomic E-state index is 13.2. The number of hydrogen-bond acceptors (Lipinski definition) is 8. The van der Waals surface area contributed by atoms with E-state index in [9.17, 15) is 14.7 Å². The summed E-state index contributed by atoms with van der Waals surface area (Å²) in [4.78, 5) is 30.2. The quantitative estimate of drug-likeness (QED) is 0.257. The Morgan fingerprint density at radius 1 is 1.26 bits per heavy atom. The third-order valence-electron chi connectivity index (χ3n) is 6.24. The highest BCUT2D eigenvalue weighted by Gasteiger charge is 2.34. The molecule has 1 aliphatic carbocycles. The van der Waals surface area contributed by atoms with Crippen molar-refractivity contribution < 1.29 is 28.6 Å². The number of fused-ring (bicyclic) bond motifs is 1. The number of nitrogens with one attached hydrogen (secondary N) is 1. The standard InChI is InChI=1S/C24H27N3O6S/c1-24(2,3)13-6-11-16-17(12-13)34-21(18(16)22(29)32-5)25-20(28)19-23(30)33-26-27(19)14-7-9-15(31-4)10-8-14/h7-10,13H,6,11-12H2,1-5H3,(H-,25,26,28,29,30). The minimum absolute atomic E-state index is 0.119. The average molecular weight is 486 g/mol. The van der Waals surface area contributed by atoms with Crippen LogP contribution in [0.4, 0.5) is 5.00 Å². The number of carbonyl (C=O) groups is 1. The molecule has 0 bridgehead atoms. The van der Waals surface area contributed by atoms with Crippen molar-refractivity contribution in [1.29, 1.82) is 0 Å². The van der Waals surface area contributed by atoms with Gasteiger partial charge in [0.2, 0.25) is 5.69 Å². The molecule has 1 atom stereocenters. The number of aliphatic imine (C=N–C) groups is 1. The van der Waals surface area contributed by atoms with Gasteiger partial charge in [0.15, 0.2) is 0 Å². The molecule has 1 N–H and O–H groups in total. The van der Waals surface area contributed by atoms with Gasteiger partial charge >= 0.3 is 17.3 Å². The number of hydrogen-bond donors (Lipinski definition) is 1. The molecule has 0 amide bonds. The fraction of sp³-hybridized carbons (Fsp3) is 0.417. The van der Waals surface area contributed by atoms with Gasteiger partial charge in [-0.25, -0.2) is 14.6 Å². The Morgan fingerprint density at radius 3 is 2.59 bits per heavy atom. The minimum Gasteiger partial charge on any atom is -0.854 e. The van der Waals surface area contributed by atoms with Crippen LogP contribution in [0, 0.1) is 11.3 Å². The lowest BCUT2D eigenvalue weighted by atomic mass is 9.72. The van der Waals surface area contributed by atoms with Crippen molar-refractivity contribution in [3.05, 3.63) is 56.4 Å². The van der Waals surface area contributed by atoms with Crippen LogP contribution in [0.3, 0.4) is 0 Å². The molecule has 10 heteroatoms. The number of benzene rings is 1. The molecule has 0 aliphatic heterocycles. The van der Waals surface area contributed by atoms with Crippen LogP contribution in [0.1, 0.15) is 53.7 Å². The summed E-state index contributed by atoms with van der Waals surface area (Å²) in [5.74, 6) is -0.292. The molecule has 1 aliphatic rings. The second kappa shape index (κ2) is 9.09. The van der Waals surface area contributed by atoms with E-state index in [0.29, 0.717) is 29.3 Å². The summed E-state index contributed by atoms with van der Waals surface area (Å²) in [5, 5.41) is 15.9. The van der Waals surface area contributed by atoms with Crippen LogP contribution in [-0.2, 0) is 17.6 Å². The third kappa shape index (κ3) is 4.37. The van der Waals surface area contributed by atoms with Gasteiger partial charge in [-0.15, -0.1) is 11.3 Å². The van der Waals surface area contributed by atoms with Gasteiger partial charge in [0.05, 0.1) is 25.7 Å². The Labute approximate surface area is 200 Å². The molecule has 2 aromatic heterocycles. The molecule has 2 heterocycles. The second-order valence-electron chi connectivity index (χ2n) is 9.26. The summed E-state index contributed by atoms with van der Waals surface area (Å²) < 4.78 is 16.2. The molecule has 9 nitrogen and oxygen atoms in total. The van der Waals surface area contributed by atoms with Crippen LogP contribution < -0.4 is 20.2 Å². The van der Waals surface area contributed by atoms with Gasteiger partial charge in [-0.3, -0.25) is 4.52 Å². The Bertz CT molecular complexity index is 1290. The smallest absolute Gasteiger partial charge is 0.436 e. The Balaban J connectivity index is 1.78. The molecule has 3 aromatic rings. The van der Waals surface area contributed by atoms with Crippen molar-refractivity contribution in [2.24, 2.45) is 16.3 Å². The van der Waals surface area contributed by atoms with Crippen LogP contribution in [0.2, 0.25) is 0 Å². The second-order valence-corrected chi connectivity index (χ2v) is 10.3. The summed E-state index contributed by atoms with van der Waals surface area (Å²) in [7, 11) is 2.84. The van der Waals surface area contributed by atoms with Crippen molar-refractivity contribution >= 4 is 28.2 Å². The third-order valence-corrected chi connectivity index (χ3v) is 7.39. The number of carbonyl (C=O) groups excluding carboxylic acids is 1. The molecule has 34 heavy (non-hydrogen) atoms. The van der Waals surface area contributed by atoms with Crippen molar-refractivity contribution in [1.82, 2.24) is 5.27 Å². The van der Waals surface area contributed by atoms with E-state index in [1.807, 2.05) is 0 Å². The molecule has 0 saturated carbocycles.